The van der Waals surface area contributed by atoms with Crippen LogP contribution in [0.1, 0.15) is 32.1 Å². The first-order chi connectivity index (χ1) is 6.66. The van der Waals surface area contributed by atoms with Gasteiger partial charge in [-0.1, -0.05) is 19.3 Å². The lowest BCUT2D eigenvalue weighted by Gasteiger charge is -2.25. The minimum absolute atomic E-state index is 0.236. The molecule has 1 saturated heterocycles. The number of nitrogens with one attached hydrogen (secondary N) is 1. The molecule has 0 amide bonds. The van der Waals surface area contributed by atoms with Gasteiger partial charge in [0.1, 0.15) is 0 Å². The van der Waals surface area contributed by atoms with Gasteiger partial charge >= 0.3 is 0 Å². The maximum Gasteiger partial charge on any atom is 0.151 e. The van der Waals surface area contributed by atoms with Gasteiger partial charge in [-0.05, 0) is 25.3 Å². The molecule has 0 bridgehead atoms. The minimum atomic E-state index is -2.70. The SMILES string of the molecule is O=S1(=O)CCC(NCCC2CCC2)C1. The summed E-state index contributed by atoms with van der Waals surface area (Å²) in [7, 11) is -2.70. The molecule has 4 heteroatoms. The molecule has 1 aliphatic heterocycles. The van der Waals surface area contributed by atoms with E-state index in [4.69, 9.17) is 0 Å². The molecule has 82 valence electrons. The fraction of sp³-hybridized carbons (Fsp3) is 1.00. The largest absolute Gasteiger partial charge is 0.313 e. The second-order valence-corrected chi connectivity index (χ2v) is 6.87. The summed E-state index contributed by atoms with van der Waals surface area (Å²) in [5, 5.41) is 3.36. The van der Waals surface area contributed by atoms with Gasteiger partial charge < -0.3 is 5.32 Å². The van der Waals surface area contributed by atoms with Crippen LogP contribution in [-0.2, 0) is 9.84 Å². The van der Waals surface area contributed by atoms with E-state index in [0.717, 1.165) is 18.9 Å². The predicted molar refractivity (Wildman–Crippen MR) is 57.0 cm³/mol. The van der Waals surface area contributed by atoms with Gasteiger partial charge in [0.25, 0.3) is 0 Å². The first kappa shape index (κ1) is 10.4. The maximum atomic E-state index is 11.2. The van der Waals surface area contributed by atoms with Crippen molar-refractivity contribution in [1.82, 2.24) is 5.32 Å². The zero-order valence-corrected chi connectivity index (χ0v) is 9.35. The zero-order valence-electron chi connectivity index (χ0n) is 8.54. The molecule has 1 N–H and O–H groups in total. The molecule has 0 spiro atoms. The molecule has 0 aromatic heterocycles. The molecule has 2 fully saturated rings. The van der Waals surface area contributed by atoms with Crippen molar-refractivity contribution >= 4 is 9.84 Å². The molecule has 0 aromatic rings. The van der Waals surface area contributed by atoms with E-state index in [1.54, 1.807) is 0 Å². The summed E-state index contributed by atoms with van der Waals surface area (Å²) < 4.78 is 22.3. The molecule has 2 aliphatic rings. The third-order valence-corrected chi connectivity index (χ3v) is 5.21. The average molecular weight is 217 g/mol. The van der Waals surface area contributed by atoms with Crippen molar-refractivity contribution in [2.75, 3.05) is 18.1 Å². The second-order valence-electron chi connectivity index (χ2n) is 4.64. The fourth-order valence-electron chi connectivity index (χ4n) is 2.23. The average Bonchev–Trinajstić information content (AvgIpc) is 2.36. The molecule has 0 aromatic carbocycles. The van der Waals surface area contributed by atoms with E-state index in [9.17, 15) is 8.42 Å². The second kappa shape index (κ2) is 4.19. The Bertz CT molecular complexity index is 282. The standard InChI is InChI=1S/C10H19NO2S/c12-14(13)7-5-10(8-14)11-6-4-9-2-1-3-9/h9-11H,1-8H2. The first-order valence-electron chi connectivity index (χ1n) is 5.59. The molecule has 14 heavy (non-hydrogen) atoms. The Balaban J connectivity index is 1.62. The van der Waals surface area contributed by atoms with Crippen LogP contribution in [0.4, 0.5) is 0 Å². The smallest absolute Gasteiger partial charge is 0.151 e. The van der Waals surface area contributed by atoms with Crippen molar-refractivity contribution in [3.05, 3.63) is 0 Å². The summed E-state index contributed by atoms with van der Waals surface area (Å²) in [4.78, 5) is 0. The molecule has 3 nitrogen and oxygen atoms in total. The Labute approximate surface area is 86.2 Å². The van der Waals surface area contributed by atoms with Gasteiger partial charge in [0.15, 0.2) is 9.84 Å². The van der Waals surface area contributed by atoms with Crippen molar-refractivity contribution in [2.24, 2.45) is 5.92 Å². The third kappa shape index (κ3) is 2.70. The van der Waals surface area contributed by atoms with Crippen LogP contribution in [0.3, 0.4) is 0 Å². The van der Waals surface area contributed by atoms with Crippen LogP contribution in [0.15, 0.2) is 0 Å². The lowest BCUT2D eigenvalue weighted by Crippen LogP contribution is -2.32. The van der Waals surface area contributed by atoms with E-state index >= 15 is 0 Å². The Morgan fingerprint density at radius 1 is 1.21 bits per heavy atom. The highest BCUT2D eigenvalue weighted by molar-refractivity contribution is 7.91. The highest BCUT2D eigenvalue weighted by Crippen LogP contribution is 2.28. The van der Waals surface area contributed by atoms with Crippen LogP contribution in [-0.4, -0.2) is 32.5 Å². The van der Waals surface area contributed by atoms with Crippen molar-refractivity contribution in [2.45, 2.75) is 38.1 Å². The van der Waals surface area contributed by atoms with Gasteiger partial charge in [-0.15, -0.1) is 0 Å². The van der Waals surface area contributed by atoms with Crippen molar-refractivity contribution in [1.29, 1.82) is 0 Å². The van der Waals surface area contributed by atoms with Crippen LogP contribution >= 0.6 is 0 Å². The van der Waals surface area contributed by atoms with Crippen molar-refractivity contribution < 1.29 is 8.42 Å². The summed E-state index contributed by atoms with van der Waals surface area (Å²) in [6.07, 6.45) is 6.20. The minimum Gasteiger partial charge on any atom is -0.313 e. The number of sulfone groups is 1. The van der Waals surface area contributed by atoms with Crippen LogP contribution < -0.4 is 5.32 Å². The summed E-state index contributed by atoms with van der Waals surface area (Å²) in [6.45, 7) is 1.00. The van der Waals surface area contributed by atoms with Crippen molar-refractivity contribution in [3.8, 4) is 0 Å². The van der Waals surface area contributed by atoms with Gasteiger partial charge in [0.2, 0.25) is 0 Å². The monoisotopic (exact) mass is 217 g/mol. The number of hydrogen-bond donors (Lipinski definition) is 1. The lowest BCUT2D eigenvalue weighted by atomic mass is 9.83. The van der Waals surface area contributed by atoms with Crippen molar-refractivity contribution in [3.63, 3.8) is 0 Å². The Hall–Kier alpha value is -0.0900. The lowest BCUT2D eigenvalue weighted by molar-refractivity contribution is 0.288. The first-order valence-corrected chi connectivity index (χ1v) is 7.42. The van der Waals surface area contributed by atoms with E-state index in [0.29, 0.717) is 11.5 Å². The molecule has 1 unspecified atom stereocenters. The van der Waals surface area contributed by atoms with E-state index in [2.05, 4.69) is 5.32 Å². The normalized spacial score (nSPS) is 31.6. The molecule has 1 saturated carbocycles. The van der Waals surface area contributed by atoms with Gasteiger partial charge in [-0.2, -0.15) is 0 Å². The quantitative estimate of drug-likeness (QED) is 0.762. The Morgan fingerprint density at radius 2 is 2.00 bits per heavy atom. The van der Waals surface area contributed by atoms with Crippen LogP contribution in [0.2, 0.25) is 0 Å². The number of rotatable bonds is 4. The summed E-state index contributed by atoms with van der Waals surface area (Å²) in [5.41, 5.74) is 0. The van der Waals surface area contributed by atoms with Gasteiger partial charge in [-0.25, -0.2) is 8.42 Å². The van der Waals surface area contributed by atoms with E-state index < -0.39 is 9.84 Å². The Morgan fingerprint density at radius 3 is 2.50 bits per heavy atom. The topological polar surface area (TPSA) is 46.2 Å². The van der Waals surface area contributed by atoms with Gasteiger partial charge in [-0.3, -0.25) is 0 Å². The Kier molecular flexibility index (Phi) is 3.12. The molecule has 2 rings (SSSR count). The van der Waals surface area contributed by atoms with Crippen LogP contribution in [0.25, 0.3) is 0 Å². The summed E-state index contributed by atoms with van der Waals surface area (Å²) in [6, 6.07) is 0.236. The van der Waals surface area contributed by atoms with Gasteiger partial charge in [0, 0.05) is 6.04 Å². The molecular weight excluding hydrogens is 198 g/mol. The van der Waals surface area contributed by atoms with E-state index in [-0.39, 0.29) is 6.04 Å². The molecular formula is C10H19NO2S. The number of hydrogen-bond acceptors (Lipinski definition) is 3. The van der Waals surface area contributed by atoms with E-state index in [1.165, 1.54) is 25.7 Å². The predicted octanol–water partition coefficient (Wildman–Crippen LogP) is 0.953. The zero-order chi connectivity index (χ0) is 10.0. The highest BCUT2D eigenvalue weighted by Gasteiger charge is 2.27. The molecule has 0 radical (unpaired) electrons. The fourth-order valence-corrected chi connectivity index (χ4v) is 3.94. The summed E-state index contributed by atoms with van der Waals surface area (Å²) >= 11 is 0. The third-order valence-electron chi connectivity index (χ3n) is 3.44. The summed E-state index contributed by atoms with van der Waals surface area (Å²) in [5.74, 6) is 1.66. The van der Waals surface area contributed by atoms with Crippen LogP contribution in [0, 0.1) is 5.92 Å². The molecule has 1 atom stereocenters. The molecule has 1 heterocycles. The van der Waals surface area contributed by atoms with Crippen LogP contribution in [0.5, 0.6) is 0 Å². The van der Waals surface area contributed by atoms with Gasteiger partial charge in [0.05, 0.1) is 11.5 Å². The molecule has 1 aliphatic carbocycles. The maximum absolute atomic E-state index is 11.2. The highest BCUT2D eigenvalue weighted by atomic mass is 32.2. The van der Waals surface area contributed by atoms with E-state index in [1.807, 2.05) is 0 Å².